The van der Waals surface area contributed by atoms with Crippen LogP contribution in [0.25, 0.3) is 0 Å². The average molecular weight is 361 g/mol. The van der Waals surface area contributed by atoms with E-state index in [-0.39, 0.29) is 11.6 Å². The number of amides is 2. The van der Waals surface area contributed by atoms with Gasteiger partial charge in [0, 0.05) is 51.4 Å². The molecule has 26 heavy (non-hydrogen) atoms. The molecule has 4 rings (SSSR count). The van der Waals surface area contributed by atoms with E-state index in [1.54, 1.807) is 0 Å². The van der Waals surface area contributed by atoms with Gasteiger partial charge in [-0.1, -0.05) is 6.92 Å². The minimum Gasteiger partial charge on any atom is -0.378 e. The van der Waals surface area contributed by atoms with Crippen LogP contribution in [0.5, 0.6) is 0 Å². The summed E-state index contributed by atoms with van der Waals surface area (Å²) in [4.78, 5) is 18.9. The van der Waals surface area contributed by atoms with Crippen LogP contribution in [0.1, 0.15) is 32.6 Å². The average Bonchev–Trinajstić information content (AvgIpc) is 3.33. The third-order valence-electron chi connectivity index (χ3n) is 6.66. The maximum Gasteiger partial charge on any atom is 0.320 e. The number of hydrogen-bond acceptors (Lipinski definition) is 5. The highest BCUT2D eigenvalue weighted by Gasteiger charge is 2.51. The summed E-state index contributed by atoms with van der Waals surface area (Å²) in [5, 5.41) is 13.1. The number of nitrogens with one attached hydrogen (secondary N) is 1. The Morgan fingerprint density at radius 1 is 1.19 bits per heavy atom. The van der Waals surface area contributed by atoms with Gasteiger partial charge < -0.3 is 19.9 Å². The predicted octanol–water partition coefficient (Wildman–Crippen LogP) is 0.869. The molecule has 0 bridgehead atoms. The molecule has 4 fully saturated rings. The van der Waals surface area contributed by atoms with Gasteiger partial charge in [0.05, 0.1) is 31.2 Å². The van der Waals surface area contributed by atoms with E-state index in [4.69, 9.17) is 4.74 Å². The number of nitrogens with zero attached hydrogens (tertiary/aromatic N) is 4. The fourth-order valence-corrected chi connectivity index (χ4v) is 4.70. The molecule has 7 heteroatoms. The number of carbonyl (C=O) groups is 1. The molecule has 0 aromatic carbocycles. The first kappa shape index (κ1) is 18.0. The number of morpholine rings is 1. The summed E-state index contributed by atoms with van der Waals surface area (Å²) < 4.78 is 5.33. The lowest BCUT2D eigenvalue weighted by Gasteiger charge is -2.57. The Labute approximate surface area is 156 Å². The molecule has 4 aliphatic rings. The highest BCUT2D eigenvalue weighted by molar-refractivity contribution is 5.76. The van der Waals surface area contributed by atoms with Crippen molar-refractivity contribution in [2.45, 2.75) is 50.2 Å². The SMILES string of the molecule is C[C@@H]1C[C@H]1NC1CCN(C2(CC#N)CN(C(=O)N3CCOCC3)C2)CC1. The van der Waals surface area contributed by atoms with Gasteiger partial charge in [0.1, 0.15) is 0 Å². The molecule has 1 saturated carbocycles. The van der Waals surface area contributed by atoms with Crippen LogP contribution < -0.4 is 5.32 Å². The topological polar surface area (TPSA) is 71.8 Å². The van der Waals surface area contributed by atoms with Crippen LogP contribution in [0, 0.1) is 17.2 Å². The van der Waals surface area contributed by atoms with Gasteiger partial charge in [-0.25, -0.2) is 4.79 Å². The van der Waals surface area contributed by atoms with Crippen LogP contribution in [-0.4, -0.2) is 90.8 Å². The van der Waals surface area contributed by atoms with Gasteiger partial charge in [0.15, 0.2) is 0 Å². The second-order valence-corrected chi connectivity index (χ2v) is 8.54. The van der Waals surface area contributed by atoms with E-state index in [1.165, 1.54) is 6.42 Å². The van der Waals surface area contributed by atoms with Gasteiger partial charge in [-0.15, -0.1) is 0 Å². The third kappa shape index (κ3) is 3.55. The zero-order chi connectivity index (χ0) is 18.1. The summed E-state index contributed by atoms with van der Waals surface area (Å²) in [6, 6.07) is 3.83. The molecule has 3 heterocycles. The van der Waals surface area contributed by atoms with Gasteiger partial charge in [-0.05, 0) is 25.2 Å². The van der Waals surface area contributed by atoms with E-state index in [1.807, 2.05) is 9.80 Å². The van der Waals surface area contributed by atoms with Crippen LogP contribution in [-0.2, 0) is 4.74 Å². The monoisotopic (exact) mass is 361 g/mol. The zero-order valence-electron chi connectivity index (χ0n) is 15.8. The summed E-state index contributed by atoms with van der Waals surface area (Å²) in [7, 11) is 0. The molecule has 3 aliphatic heterocycles. The van der Waals surface area contributed by atoms with Crippen molar-refractivity contribution in [1.29, 1.82) is 5.26 Å². The number of nitriles is 1. The summed E-state index contributed by atoms with van der Waals surface area (Å²) in [6.07, 6.45) is 4.12. The van der Waals surface area contributed by atoms with Crippen molar-refractivity contribution in [2.75, 3.05) is 52.5 Å². The molecular formula is C19H31N5O2. The lowest BCUT2D eigenvalue weighted by molar-refractivity contribution is -0.0536. The number of ether oxygens (including phenoxy) is 1. The molecule has 0 radical (unpaired) electrons. The highest BCUT2D eigenvalue weighted by atomic mass is 16.5. The molecule has 0 aromatic heterocycles. The van der Waals surface area contributed by atoms with E-state index >= 15 is 0 Å². The first-order chi connectivity index (χ1) is 12.6. The maximum absolute atomic E-state index is 12.7. The van der Waals surface area contributed by atoms with Crippen molar-refractivity contribution < 1.29 is 9.53 Å². The molecule has 0 aromatic rings. The fourth-order valence-electron chi connectivity index (χ4n) is 4.70. The first-order valence-electron chi connectivity index (χ1n) is 10.1. The summed E-state index contributed by atoms with van der Waals surface area (Å²) in [5.41, 5.74) is -0.130. The van der Waals surface area contributed by atoms with Crippen LogP contribution in [0.4, 0.5) is 4.79 Å². The van der Waals surface area contributed by atoms with Crippen molar-refractivity contribution in [3.63, 3.8) is 0 Å². The van der Waals surface area contributed by atoms with E-state index in [9.17, 15) is 10.1 Å². The Bertz CT molecular complexity index is 557. The molecule has 1 N–H and O–H groups in total. The maximum atomic E-state index is 12.7. The standard InChI is InChI=1S/C19H31N5O2/c1-15-12-17(15)21-16-2-6-24(7-3-16)19(4-5-20)13-23(14-19)18(25)22-8-10-26-11-9-22/h15-17,21H,2-4,6-14H2,1H3/t15-,17-/m1/s1. The first-order valence-corrected chi connectivity index (χ1v) is 10.1. The van der Waals surface area contributed by atoms with E-state index in [0.717, 1.165) is 37.9 Å². The normalized spacial score (nSPS) is 32.0. The van der Waals surface area contributed by atoms with Crippen LogP contribution in [0.15, 0.2) is 0 Å². The number of rotatable bonds is 4. The third-order valence-corrected chi connectivity index (χ3v) is 6.66. The van der Waals surface area contributed by atoms with Gasteiger partial charge in [-0.3, -0.25) is 4.90 Å². The summed E-state index contributed by atoms with van der Waals surface area (Å²) in [5.74, 6) is 0.837. The molecule has 2 amide bonds. The second-order valence-electron chi connectivity index (χ2n) is 8.54. The Hall–Kier alpha value is -1.36. The van der Waals surface area contributed by atoms with Crippen LogP contribution >= 0.6 is 0 Å². The number of likely N-dealkylation sites (tertiary alicyclic amines) is 2. The van der Waals surface area contributed by atoms with Gasteiger partial charge in [-0.2, -0.15) is 5.26 Å². The molecule has 0 spiro atoms. The fraction of sp³-hybridized carbons (Fsp3) is 0.895. The number of hydrogen-bond donors (Lipinski definition) is 1. The second kappa shape index (κ2) is 7.34. The van der Waals surface area contributed by atoms with E-state index in [2.05, 4.69) is 23.2 Å². The number of urea groups is 1. The minimum atomic E-state index is -0.130. The predicted molar refractivity (Wildman–Crippen MR) is 97.6 cm³/mol. The zero-order valence-corrected chi connectivity index (χ0v) is 15.8. The van der Waals surface area contributed by atoms with Crippen LogP contribution in [0.3, 0.4) is 0 Å². The summed E-state index contributed by atoms with van der Waals surface area (Å²) >= 11 is 0. The molecule has 2 atom stereocenters. The van der Waals surface area contributed by atoms with Crippen molar-refractivity contribution in [1.82, 2.24) is 20.0 Å². The van der Waals surface area contributed by atoms with Gasteiger partial charge >= 0.3 is 6.03 Å². The van der Waals surface area contributed by atoms with E-state index in [0.29, 0.717) is 51.9 Å². The molecular weight excluding hydrogens is 330 g/mol. The Morgan fingerprint density at radius 2 is 1.85 bits per heavy atom. The summed E-state index contributed by atoms with van der Waals surface area (Å²) in [6.45, 7) is 8.35. The Balaban J connectivity index is 1.29. The highest BCUT2D eigenvalue weighted by Crippen LogP contribution is 2.35. The lowest BCUT2D eigenvalue weighted by Crippen LogP contribution is -2.73. The van der Waals surface area contributed by atoms with Gasteiger partial charge in [0.25, 0.3) is 0 Å². The minimum absolute atomic E-state index is 0.112. The van der Waals surface area contributed by atoms with Crippen molar-refractivity contribution in [2.24, 2.45) is 5.92 Å². The number of piperidine rings is 1. The van der Waals surface area contributed by atoms with Crippen molar-refractivity contribution >= 4 is 6.03 Å². The molecule has 3 saturated heterocycles. The smallest absolute Gasteiger partial charge is 0.320 e. The number of carbonyl (C=O) groups excluding carboxylic acids is 1. The molecule has 0 unspecified atom stereocenters. The Kier molecular flexibility index (Phi) is 5.09. The largest absolute Gasteiger partial charge is 0.378 e. The lowest BCUT2D eigenvalue weighted by atomic mass is 9.83. The van der Waals surface area contributed by atoms with Crippen LogP contribution in [0.2, 0.25) is 0 Å². The molecule has 144 valence electrons. The Morgan fingerprint density at radius 3 is 2.42 bits per heavy atom. The molecule has 7 nitrogen and oxygen atoms in total. The quantitative estimate of drug-likeness (QED) is 0.804. The van der Waals surface area contributed by atoms with Crippen molar-refractivity contribution in [3.8, 4) is 6.07 Å². The van der Waals surface area contributed by atoms with E-state index < -0.39 is 0 Å². The van der Waals surface area contributed by atoms with Crippen molar-refractivity contribution in [3.05, 3.63) is 0 Å². The van der Waals surface area contributed by atoms with Gasteiger partial charge in [0.2, 0.25) is 0 Å². The molecule has 1 aliphatic carbocycles.